The van der Waals surface area contributed by atoms with Crippen LogP contribution in [-0.4, -0.2) is 12.1 Å². The Morgan fingerprint density at radius 3 is 1.95 bits per heavy atom. The molecule has 1 atom stereocenters. The Kier molecular flexibility index (Phi) is 10.3. The van der Waals surface area contributed by atoms with Gasteiger partial charge in [0.05, 0.1) is 0 Å². The number of hydrogen-bond donors (Lipinski definition) is 0. The summed E-state index contributed by atoms with van der Waals surface area (Å²) in [6.45, 7) is 4.23. The number of unbranched alkanes of at least 4 members (excludes halogenated alkanes) is 11. The minimum atomic E-state index is -0.0921. The third-order valence-corrected chi connectivity index (χ3v) is 4.28. The van der Waals surface area contributed by atoms with E-state index in [9.17, 15) is 4.79 Å². The molecule has 0 aromatic rings. The Hall–Kier alpha value is -0.790. The van der Waals surface area contributed by atoms with Gasteiger partial charge in [-0.15, -0.1) is 0 Å². The number of cyclic esters (lactones) is 1. The van der Waals surface area contributed by atoms with Crippen LogP contribution in [0.3, 0.4) is 0 Å². The van der Waals surface area contributed by atoms with Crippen molar-refractivity contribution < 1.29 is 9.53 Å². The van der Waals surface area contributed by atoms with Gasteiger partial charge in [0.25, 0.3) is 0 Å². The lowest BCUT2D eigenvalue weighted by molar-refractivity contribution is -0.138. The first kappa shape index (κ1) is 18.3. The van der Waals surface area contributed by atoms with E-state index < -0.39 is 0 Å². The number of ether oxygens (including phenoxy) is 1. The molecule has 0 aliphatic carbocycles. The minimum absolute atomic E-state index is 0.0843. The van der Waals surface area contributed by atoms with Gasteiger partial charge in [0, 0.05) is 12.0 Å². The average molecular weight is 294 g/mol. The molecule has 0 radical (unpaired) electrons. The van der Waals surface area contributed by atoms with E-state index >= 15 is 0 Å². The number of rotatable bonds is 12. The van der Waals surface area contributed by atoms with E-state index in [4.69, 9.17) is 4.74 Å². The molecule has 0 bridgehead atoms. The van der Waals surface area contributed by atoms with E-state index in [1.807, 2.05) is 6.92 Å². The fourth-order valence-corrected chi connectivity index (χ4v) is 2.94. The monoisotopic (exact) mass is 294 g/mol. The lowest BCUT2D eigenvalue weighted by atomic mass is 10.0. The number of carbonyl (C=O) groups excluding carboxylic acids is 1. The molecular formula is C19H34O2. The summed E-state index contributed by atoms with van der Waals surface area (Å²) in [5, 5.41) is 0. The van der Waals surface area contributed by atoms with Gasteiger partial charge in [-0.1, -0.05) is 77.2 Å². The largest absolute Gasteiger partial charge is 0.459 e. The molecule has 0 aromatic carbocycles. The maximum Gasteiger partial charge on any atom is 0.334 e. The van der Waals surface area contributed by atoms with Crippen LogP contribution in [0.15, 0.2) is 11.6 Å². The fourth-order valence-electron chi connectivity index (χ4n) is 2.94. The molecule has 0 saturated carbocycles. The molecule has 1 aliphatic heterocycles. The molecule has 1 rings (SSSR count). The molecule has 1 unspecified atom stereocenters. The smallest absolute Gasteiger partial charge is 0.334 e. The topological polar surface area (TPSA) is 26.3 Å². The van der Waals surface area contributed by atoms with E-state index in [1.54, 1.807) is 0 Å². The van der Waals surface area contributed by atoms with E-state index in [0.717, 1.165) is 18.4 Å². The van der Waals surface area contributed by atoms with Gasteiger partial charge < -0.3 is 4.74 Å². The fraction of sp³-hybridized carbons (Fsp3) is 0.842. The standard InChI is InChI=1S/C19H34O2/c1-3-4-5-6-7-8-9-10-11-12-13-14-15-18-16-17(2)21-19(18)20/h15,17H,3-14,16H2,1-2H3. The first-order valence-electron chi connectivity index (χ1n) is 9.14. The summed E-state index contributed by atoms with van der Waals surface area (Å²) in [5.74, 6) is -0.0921. The van der Waals surface area contributed by atoms with E-state index in [-0.39, 0.29) is 12.1 Å². The van der Waals surface area contributed by atoms with Gasteiger partial charge >= 0.3 is 5.97 Å². The molecule has 0 N–H and O–H groups in total. The maximum atomic E-state index is 11.4. The Bertz CT molecular complexity index is 307. The van der Waals surface area contributed by atoms with E-state index in [2.05, 4.69) is 13.0 Å². The summed E-state index contributed by atoms with van der Waals surface area (Å²) in [6, 6.07) is 0. The summed E-state index contributed by atoms with van der Waals surface area (Å²) in [7, 11) is 0. The second kappa shape index (κ2) is 11.8. The van der Waals surface area contributed by atoms with Crippen molar-refractivity contribution in [2.45, 2.75) is 103 Å². The molecule has 2 nitrogen and oxygen atoms in total. The zero-order chi connectivity index (χ0) is 15.3. The van der Waals surface area contributed by atoms with Gasteiger partial charge in [-0.25, -0.2) is 4.79 Å². The normalized spacial score (nSPS) is 20.2. The quantitative estimate of drug-likeness (QED) is 0.252. The minimum Gasteiger partial charge on any atom is -0.459 e. The zero-order valence-corrected chi connectivity index (χ0v) is 14.2. The number of carbonyl (C=O) groups is 1. The van der Waals surface area contributed by atoms with Crippen molar-refractivity contribution in [1.29, 1.82) is 0 Å². The Morgan fingerprint density at radius 2 is 1.48 bits per heavy atom. The van der Waals surface area contributed by atoms with Crippen LogP contribution in [0.2, 0.25) is 0 Å². The lowest BCUT2D eigenvalue weighted by Gasteiger charge is -2.02. The van der Waals surface area contributed by atoms with Crippen LogP contribution >= 0.6 is 0 Å². The molecule has 1 heterocycles. The predicted molar refractivity (Wildman–Crippen MR) is 89.3 cm³/mol. The van der Waals surface area contributed by atoms with Crippen molar-refractivity contribution in [3.8, 4) is 0 Å². The summed E-state index contributed by atoms with van der Waals surface area (Å²) in [4.78, 5) is 11.4. The predicted octanol–water partition coefficient (Wildman–Crippen LogP) is 5.95. The molecule has 2 heteroatoms. The average Bonchev–Trinajstić information content (AvgIpc) is 2.78. The van der Waals surface area contributed by atoms with Crippen LogP contribution in [0, 0.1) is 0 Å². The van der Waals surface area contributed by atoms with Gasteiger partial charge in [0.2, 0.25) is 0 Å². The molecule has 122 valence electrons. The number of hydrogen-bond acceptors (Lipinski definition) is 2. The van der Waals surface area contributed by atoms with Crippen LogP contribution in [0.4, 0.5) is 0 Å². The molecule has 0 aromatic heterocycles. The summed E-state index contributed by atoms with van der Waals surface area (Å²) < 4.78 is 5.12. The van der Waals surface area contributed by atoms with Crippen LogP contribution < -0.4 is 0 Å². The highest BCUT2D eigenvalue weighted by atomic mass is 16.5. The third-order valence-electron chi connectivity index (χ3n) is 4.28. The van der Waals surface area contributed by atoms with Crippen molar-refractivity contribution in [1.82, 2.24) is 0 Å². The Labute approximate surface area is 131 Å². The third kappa shape index (κ3) is 8.95. The van der Waals surface area contributed by atoms with E-state index in [0.29, 0.717) is 0 Å². The highest BCUT2D eigenvalue weighted by molar-refractivity contribution is 5.90. The van der Waals surface area contributed by atoms with Gasteiger partial charge in [0.1, 0.15) is 6.10 Å². The lowest BCUT2D eigenvalue weighted by Crippen LogP contribution is -1.99. The molecule has 1 fully saturated rings. The van der Waals surface area contributed by atoms with Gasteiger partial charge in [-0.3, -0.25) is 0 Å². The molecule has 0 amide bonds. The number of esters is 1. The number of allylic oxidation sites excluding steroid dienone is 1. The van der Waals surface area contributed by atoms with Crippen LogP contribution in [-0.2, 0) is 9.53 Å². The van der Waals surface area contributed by atoms with Crippen molar-refractivity contribution in [3.05, 3.63) is 11.6 Å². The zero-order valence-electron chi connectivity index (χ0n) is 14.2. The van der Waals surface area contributed by atoms with Crippen molar-refractivity contribution >= 4 is 5.97 Å². The first-order chi connectivity index (χ1) is 10.2. The van der Waals surface area contributed by atoms with Gasteiger partial charge in [-0.05, 0) is 19.8 Å². The van der Waals surface area contributed by atoms with Gasteiger partial charge in [-0.2, -0.15) is 0 Å². The second-order valence-corrected chi connectivity index (χ2v) is 6.47. The molecule has 1 aliphatic rings. The van der Waals surface area contributed by atoms with Crippen molar-refractivity contribution in [3.63, 3.8) is 0 Å². The summed E-state index contributed by atoms with van der Waals surface area (Å²) >= 11 is 0. The van der Waals surface area contributed by atoms with Crippen molar-refractivity contribution in [2.75, 3.05) is 0 Å². The first-order valence-corrected chi connectivity index (χ1v) is 9.14. The molecular weight excluding hydrogens is 260 g/mol. The Balaban J connectivity index is 1.85. The molecule has 0 spiro atoms. The van der Waals surface area contributed by atoms with Gasteiger partial charge in [0.15, 0.2) is 0 Å². The van der Waals surface area contributed by atoms with Crippen molar-refractivity contribution in [2.24, 2.45) is 0 Å². The highest BCUT2D eigenvalue weighted by Gasteiger charge is 2.24. The van der Waals surface area contributed by atoms with Crippen LogP contribution in [0.5, 0.6) is 0 Å². The summed E-state index contributed by atoms with van der Waals surface area (Å²) in [6.07, 6.45) is 19.1. The van der Waals surface area contributed by atoms with Crippen LogP contribution in [0.25, 0.3) is 0 Å². The molecule has 21 heavy (non-hydrogen) atoms. The van der Waals surface area contributed by atoms with Crippen LogP contribution in [0.1, 0.15) is 97.3 Å². The Morgan fingerprint density at radius 1 is 0.952 bits per heavy atom. The highest BCUT2D eigenvalue weighted by Crippen LogP contribution is 2.21. The second-order valence-electron chi connectivity index (χ2n) is 6.47. The summed E-state index contributed by atoms with van der Waals surface area (Å²) in [5.41, 5.74) is 0.898. The van der Waals surface area contributed by atoms with E-state index in [1.165, 1.54) is 70.6 Å². The maximum absolute atomic E-state index is 11.4. The SMILES string of the molecule is CCCCCCCCCCCCCC=C1CC(C)OC1=O. The molecule has 1 saturated heterocycles.